The van der Waals surface area contributed by atoms with Crippen LogP contribution in [0.2, 0.25) is 0 Å². The Balaban J connectivity index is 2.98. The lowest BCUT2D eigenvalue weighted by Crippen LogP contribution is -2.55. The summed E-state index contributed by atoms with van der Waals surface area (Å²) < 4.78 is 13.4. The van der Waals surface area contributed by atoms with Gasteiger partial charge in [-0.3, -0.25) is 4.79 Å². The van der Waals surface area contributed by atoms with Gasteiger partial charge in [-0.25, -0.2) is 4.39 Å². The van der Waals surface area contributed by atoms with Crippen LogP contribution in [0.1, 0.15) is 36.2 Å². The van der Waals surface area contributed by atoms with Gasteiger partial charge in [0.15, 0.2) is 5.84 Å². The second-order valence-corrected chi connectivity index (χ2v) is 4.59. The van der Waals surface area contributed by atoms with Crippen LogP contribution >= 0.6 is 0 Å². The molecule has 1 atom stereocenters. The average molecular weight is 267 g/mol. The summed E-state index contributed by atoms with van der Waals surface area (Å²) in [7, 11) is 0. The quantitative estimate of drug-likeness (QED) is 0.336. The molecule has 5 nitrogen and oxygen atoms in total. The van der Waals surface area contributed by atoms with Gasteiger partial charge in [0.1, 0.15) is 5.82 Å². The van der Waals surface area contributed by atoms with E-state index in [1.807, 2.05) is 0 Å². The van der Waals surface area contributed by atoms with Crippen molar-refractivity contribution < 1.29 is 14.4 Å². The van der Waals surface area contributed by atoms with Crippen LogP contribution in [0.25, 0.3) is 0 Å². The van der Waals surface area contributed by atoms with Crippen molar-refractivity contribution in [1.82, 2.24) is 5.32 Å². The molecule has 104 valence electrons. The largest absolute Gasteiger partial charge is 0.409 e. The summed E-state index contributed by atoms with van der Waals surface area (Å²) in [5, 5.41) is 14.3. The lowest BCUT2D eigenvalue weighted by molar-refractivity contribution is 0.0924. The SMILES string of the molecule is CCC(C)(NC(=O)c1ccc(C)c(F)c1)/C(N)=N/O. The zero-order valence-corrected chi connectivity index (χ0v) is 11.2. The van der Waals surface area contributed by atoms with E-state index in [1.54, 1.807) is 20.8 Å². The van der Waals surface area contributed by atoms with Crippen LogP contribution < -0.4 is 11.1 Å². The maximum Gasteiger partial charge on any atom is 0.252 e. The molecule has 19 heavy (non-hydrogen) atoms. The Morgan fingerprint density at radius 2 is 2.21 bits per heavy atom. The van der Waals surface area contributed by atoms with Gasteiger partial charge in [0.05, 0.1) is 5.54 Å². The van der Waals surface area contributed by atoms with Gasteiger partial charge >= 0.3 is 0 Å². The number of aryl methyl sites for hydroxylation is 1. The monoisotopic (exact) mass is 267 g/mol. The first kappa shape index (κ1) is 14.9. The van der Waals surface area contributed by atoms with Gasteiger partial charge in [0.25, 0.3) is 5.91 Å². The fourth-order valence-corrected chi connectivity index (χ4v) is 1.50. The number of nitrogens with two attached hydrogens (primary N) is 1. The van der Waals surface area contributed by atoms with E-state index in [0.717, 1.165) is 6.07 Å². The van der Waals surface area contributed by atoms with Crippen molar-refractivity contribution in [2.75, 3.05) is 0 Å². The van der Waals surface area contributed by atoms with E-state index in [1.165, 1.54) is 12.1 Å². The second-order valence-electron chi connectivity index (χ2n) is 4.59. The van der Waals surface area contributed by atoms with Crippen molar-refractivity contribution in [2.24, 2.45) is 10.9 Å². The molecular formula is C13H18FN3O2. The van der Waals surface area contributed by atoms with Crippen LogP contribution in [0.15, 0.2) is 23.4 Å². The molecule has 0 aliphatic carbocycles. The summed E-state index contributed by atoms with van der Waals surface area (Å²) >= 11 is 0. The molecule has 0 saturated carbocycles. The third kappa shape index (κ3) is 3.21. The summed E-state index contributed by atoms with van der Waals surface area (Å²) in [6.45, 7) is 5.03. The molecule has 0 fully saturated rings. The van der Waals surface area contributed by atoms with E-state index < -0.39 is 17.3 Å². The van der Waals surface area contributed by atoms with Crippen molar-refractivity contribution in [3.05, 3.63) is 35.1 Å². The smallest absolute Gasteiger partial charge is 0.252 e. The van der Waals surface area contributed by atoms with Crippen LogP contribution in [-0.4, -0.2) is 22.5 Å². The molecule has 0 saturated heterocycles. The predicted molar refractivity (Wildman–Crippen MR) is 70.7 cm³/mol. The molecule has 0 aromatic heterocycles. The molecular weight excluding hydrogens is 249 g/mol. The molecule has 1 rings (SSSR count). The third-order valence-electron chi connectivity index (χ3n) is 3.20. The molecule has 1 aromatic rings. The highest BCUT2D eigenvalue weighted by Crippen LogP contribution is 2.13. The Labute approximate surface area is 111 Å². The number of oxime groups is 1. The van der Waals surface area contributed by atoms with Crippen LogP contribution in [0.3, 0.4) is 0 Å². The number of benzene rings is 1. The normalized spacial score (nSPS) is 14.8. The van der Waals surface area contributed by atoms with Crippen LogP contribution in [0.4, 0.5) is 4.39 Å². The molecule has 0 heterocycles. The Hall–Kier alpha value is -2.11. The minimum absolute atomic E-state index is 0.101. The Morgan fingerprint density at radius 1 is 1.58 bits per heavy atom. The fraction of sp³-hybridized carbons (Fsp3) is 0.385. The number of amides is 1. The maximum absolute atomic E-state index is 13.4. The van der Waals surface area contributed by atoms with Gasteiger partial charge in [-0.1, -0.05) is 18.1 Å². The summed E-state index contributed by atoms with van der Waals surface area (Å²) in [6.07, 6.45) is 0.434. The molecule has 1 aromatic carbocycles. The van der Waals surface area contributed by atoms with Crippen LogP contribution in [-0.2, 0) is 0 Å². The zero-order valence-electron chi connectivity index (χ0n) is 11.2. The van der Waals surface area contributed by atoms with E-state index in [0.29, 0.717) is 12.0 Å². The van der Waals surface area contributed by atoms with Gasteiger partial charge in [0.2, 0.25) is 0 Å². The fourth-order valence-electron chi connectivity index (χ4n) is 1.50. The Morgan fingerprint density at radius 3 is 2.68 bits per heavy atom. The summed E-state index contributed by atoms with van der Waals surface area (Å²) in [4.78, 5) is 12.0. The average Bonchev–Trinajstić information content (AvgIpc) is 2.40. The molecule has 1 unspecified atom stereocenters. The third-order valence-corrected chi connectivity index (χ3v) is 3.20. The van der Waals surface area contributed by atoms with Gasteiger partial charge in [-0.15, -0.1) is 0 Å². The number of halogens is 1. The number of amidine groups is 1. The van der Waals surface area contributed by atoms with E-state index in [-0.39, 0.29) is 11.4 Å². The molecule has 0 radical (unpaired) electrons. The molecule has 4 N–H and O–H groups in total. The number of carbonyl (C=O) groups excluding carboxylic acids is 1. The van der Waals surface area contributed by atoms with E-state index in [9.17, 15) is 9.18 Å². The summed E-state index contributed by atoms with van der Waals surface area (Å²) in [5.41, 5.74) is 5.23. The highest BCUT2D eigenvalue weighted by atomic mass is 19.1. The minimum atomic E-state index is -0.979. The summed E-state index contributed by atoms with van der Waals surface area (Å²) in [6, 6.07) is 4.21. The highest BCUT2D eigenvalue weighted by molar-refractivity contribution is 6.00. The number of nitrogens with one attached hydrogen (secondary N) is 1. The van der Waals surface area contributed by atoms with Crippen molar-refractivity contribution in [1.29, 1.82) is 0 Å². The first-order chi connectivity index (χ1) is 8.84. The van der Waals surface area contributed by atoms with Gasteiger partial charge in [-0.05, 0) is 38.0 Å². The van der Waals surface area contributed by atoms with Gasteiger partial charge < -0.3 is 16.3 Å². The lowest BCUT2D eigenvalue weighted by atomic mass is 9.96. The summed E-state index contributed by atoms with van der Waals surface area (Å²) in [5.74, 6) is -1.03. The first-order valence-electron chi connectivity index (χ1n) is 5.90. The maximum atomic E-state index is 13.4. The highest BCUT2D eigenvalue weighted by Gasteiger charge is 2.30. The number of carbonyl (C=O) groups is 1. The van der Waals surface area contributed by atoms with Crippen molar-refractivity contribution >= 4 is 11.7 Å². The van der Waals surface area contributed by atoms with Crippen molar-refractivity contribution in [2.45, 2.75) is 32.7 Å². The van der Waals surface area contributed by atoms with Crippen LogP contribution in [0.5, 0.6) is 0 Å². The lowest BCUT2D eigenvalue weighted by Gasteiger charge is -2.28. The van der Waals surface area contributed by atoms with Gasteiger partial charge in [-0.2, -0.15) is 0 Å². The molecule has 0 bridgehead atoms. The number of hydrogen-bond donors (Lipinski definition) is 3. The standard InChI is InChI=1S/C13H18FN3O2/c1-4-13(3,12(15)17-19)16-11(18)9-6-5-8(2)10(14)7-9/h5-7,19H,4H2,1-3H3,(H2,15,17)(H,16,18). The first-order valence-corrected chi connectivity index (χ1v) is 5.90. The Bertz CT molecular complexity index is 517. The number of nitrogens with zero attached hydrogens (tertiary/aromatic N) is 1. The number of rotatable bonds is 4. The Kier molecular flexibility index (Phi) is 4.47. The number of hydrogen-bond acceptors (Lipinski definition) is 3. The van der Waals surface area contributed by atoms with E-state index in [4.69, 9.17) is 10.9 Å². The van der Waals surface area contributed by atoms with Crippen molar-refractivity contribution in [3.8, 4) is 0 Å². The van der Waals surface area contributed by atoms with E-state index in [2.05, 4.69) is 10.5 Å². The molecule has 1 amide bonds. The predicted octanol–water partition coefficient (Wildman–Crippen LogP) is 1.78. The topological polar surface area (TPSA) is 87.7 Å². The van der Waals surface area contributed by atoms with Gasteiger partial charge in [0, 0.05) is 5.56 Å². The van der Waals surface area contributed by atoms with E-state index >= 15 is 0 Å². The molecule has 0 aliphatic heterocycles. The zero-order chi connectivity index (χ0) is 14.6. The molecule has 0 aliphatic rings. The van der Waals surface area contributed by atoms with Crippen LogP contribution in [0, 0.1) is 12.7 Å². The van der Waals surface area contributed by atoms with Crippen molar-refractivity contribution in [3.63, 3.8) is 0 Å². The molecule has 0 spiro atoms. The minimum Gasteiger partial charge on any atom is -0.409 e. The second kappa shape index (κ2) is 5.69. The molecule has 6 heteroatoms.